The van der Waals surface area contributed by atoms with E-state index in [0.29, 0.717) is 5.92 Å². The minimum atomic E-state index is -2.93. The molecule has 102 valence electrons. The summed E-state index contributed by atoms with van der Waals surface area (Å²) in [6.45, 7) is 0. The average Bonchev–Trinajstić information content (AvgIpc) is 2.83. The van der Waals surface area contributed by atoms with Crippen LogP contribution < -0.4 is 5.32 Å². The molecule has 18 heavy (non-hydrogen) atoms. The fraction of sp³-hybridized carbons (Fsp3) is 0.692. The highest BCUT2D eigenvalue weighted by Crippen LogP contribution is 2.36. The van der Waals surface area contributed by atoms with Crippen molar-refractivity contribution in [3.05, 3.63) is 24.2 Å². The summed E-state index contributed by atoms with van der Waals surface area (Å²) >= 11 is 0. The van der Waals surface area contributed by atoms with E-state index in [1.54, 1.807) is 6.26 Å². The molecule has 1 aromatic heterocycles. The molecular formula is C13H21NO3S. The van der Waals surface area contributed by atoms with Gasteiger partial charge in [0.2, 0.25) is 0 Å². The van der Waals surface area contributed by atoms with E-state index < -0.39 is 9.84 Å². The molecule has 4 nitrogen and oxygen atoms in total. The van der Waals surface area contributed by atoms with E-state index in [-0.39, 0.29) is 11.3 Å². The third-order valence-corrected chi connectivity index (χ3v) is 5.54. The van der Waals surface area contributed by atoms with Gasteiger partial charge in [0.05, 0.1) is 17.6 Å². The quantitative estimate of drug-likeness (QED) is 0.911. The molecule has 1 heterocycles. The Balaban J connectivity index is 2.12. The lowest BCUT2D eigenvalue weighted by molar-refractivity contribution is 0.254. The van der Waals surface area contributed by atoms with Gasteiger partial charge in [0, 0.05) is 6.26 Å². The fourth-order valence-corrected chi connectivity index (χ4v) is 4.14. The molecule has 0 aromatic carbocycles. The van der Waals surface area contributed by atoms with E-state index in [1.165, 1.54) is 6.26 Å². The Morgan fingerprint density at radius 3 is 2.78 bits per heavy atom. The van der Waals surface area contributed by atoms with Gasteiger partial charge in [-0.05, 0) is 44.4 Å². The molecule has 1 aliphatic carbocycles. The maximum atomic E-state index is 11.7. The normalized spacial score (nSPS) is 27.0. The second kappa shape index (κ2) is 5.45. The highest BCUT2D eigenvalue weighted by molar-refractivity contribution is 7.91. The van der Waals surface area contributed by atoms with Crippen molar-refractivity contribution >= 4 is 9.84 Å². The van der Waals surface area contributed by atoms with Crippen LogP contribution in [0.15, 0.2) is 22.8 Å². The topological polar surface area (TPSA) is 59.3 Å². The molecule has 3 unspecified atom stereocenters. The van der Waals surface area contributed by atoms with Gasteiger partial charge < -0.3 is 9.73 Å². The predicted octanol–water partition coefficient (Wildman–Crippen LogP) is 2.14. The number of sulfone groups is 1. The SMILES string of the molecule is CNC(c1ccco1)C1CCCC(S(C)(=O)=O)C1. The average molecular weight is 271 g/mol. The van der Waals surface area contributed by atoms with E-state index in [4.69, 9.17) is 4.42 Å². The molecule has 0 amide bonds. The molecule has 2 rings (SSSR count). The zero-order chi connectivity index (χ0) is 13.2. The van der Waals surface area contributed by atoms with Gasteiger partial charge in [0.25, 0.3) is 0 Å². The summed E-state index contributed by atoms with van der Waals surface area (Å²) < 4.78 is 28.8. The standard InChI is InChI=1S/C13H21NO3S/c1-14-13(12-7-4-8-17-12)10-5-3-6-11(9-10)18(2,15)16/h4,7-8,10-11,13-14H,3,5-6,9H2,1-2H3. The van der Waals surface area contributed by atoms with E-state index in [2.05, 4.69) is 5.32 Å². The van der Waals surface area contributed by atoms with Crippen LogP contribution in [0.25, 0.3) is 0 Å². The number of hydrogen-bond acceptors (Lipinski definition) is 4. The molecule has 0 bridgehead atoms. The molecule has 1 fully saturated rings. The van der Waals surface area contributed by atoms with Crippen LogP contribution in [0.1, 0.15) is 37.5 Å². The lowest BCUT2D eigenvalue weighted by Crippen LogP contribution is -2.34. The number of hydrogen-bond donors (Lipinski definition) is 1. The van der Waals surface area contributed by atoms with Crippen LogP contribution >= 0.6 is 0 Å². The van der Waals surface area contributed by atoms with Gasteiger partial charge in [-0.25, -0.2) is 8.42 Å². The minimum Gasteiger partial charge on any atom is -0.468 e. The Kier molecular flexibility index (Phi) is 4.12. The second-order valence-electron chi connectivity index (χ2n) is 5.16. The summed E-state index contributed by atoms with van der Waals surface area (Å²) in [6.07, 6.45) is 6.56. The summed E-state index contributed by atoms with van der Waals surface area (Å²) in [6, 6.07) is 3.94. The summed E-state index contributed by atoms with van der Waals surface area (Å²) in [5.41, 5.74) is 0. The van der Waals surface area contributed by atoms with E-state index in [1.807, 2.05) is 19.2 Å². The first-order chi connectivity index (χ1) is 8.52. The Morgan fingerprint density at radius 1 is 1.44 bits per heavy atom. The number of rotatable bonds is 4. The van der Waals surface area contributed by atoms with Crippen LogP contribution in [0.5, 0.6) is 0 Å². The van der Waals surface area contributed by atoms with Crippen LogP contribution in [0.4, 0.5) is 0 Å². The van der Waals surface area contributed by atoms with Gasteiger partial charge >= 0.3 is 0 Å². The first-order valence-electron chi connectivity index (χ1n) is 6.42. The minimum absolute atomic E-state index is 0.115. The van der Waals surface area contributed by atoms with Gasteiger partial charge in [-0.2, -0.15) is 0 Å². The molecule has 0 saturated heterocycles. The van der Waals surface area contributed by atoms with Gasteiger partial charge in [0.15, 0.2) is 0 Å². The molecular weight excluding hydrogens is 250 g/mol. The van der Waals surface area contributed by atoms with Crippen LogP contribution in [0, 0.1) is 5.92 Å². The highest BCUT2D eigenvalue weighted by atomic mass is 32.2. The molecule has 0 radical (unpaired) electrons. The smallest absolute Gasteiger partial charge is 0.150 e. The maximum Gasteiger partial charge on any atom is 0.150 e. The molecule has 0 aliphatic heterocycles. The summed E-state index contributed by atoms with van der Waals surface area (Å²) in [7, 11) is -1.03. The van der Waals surface area contributed by atoms with Crippen molar-refractivity contribution in [2.75, 3.05) is 13.3 Å². The predicted molar refractivity (Wildman–Crippen MR) is 71.1 cm³/mol. The van der Waals surface area contributed by atoms with E-state index in [9.17, 15) is 8.42 Å². The molecule has 5 heteroatoms. The van der Waals surface area contributed by atoms with Crippen molar-refractivity contribution in [2.45, 2.75) is 37.0 Å². The Bertz CT molecular complexity index is 466. The highest BCUT2D eigenvalue weighted by Gasteiger charge is 2.34. The number of nitrogens with one attached hydrogen (secondary N) is 1. The van der Waals surface area contributed by atoms with Crippen molar-refractivity contribution in [1.29, 1.82) is 0 Å². The van der Waals surface area contributed by atoms with Crippen LogP contribution in [-0.2, 0) is 9.84 Å². The molecule has 1 saturated carbocycles. The molecule has 0 spiro atoms. The third-order valence-electron chi connectivity index (χ3n) is 3.90. The Labute approximate surface area is 109 Å². The fourth-order valence-electron chi connectivity index (χ4n) is 2.95. The molecule has 1 N–H and O–H groups in total. The van der Waals surface area contributed by atoms with Gasteiger partial charge in [-0.15, -0.1) is 0 Å². The molecule has 3 atom stereocenters. The Morgan fingerprint density at radius 2 is 2.22 bits per heavy atom. The van der Waals surface area contributed by atoms with Crippen LogP contribution in [0.2, 0.25) is 0 Å². The zero-order valence-electron chi connectivity index (χ0n) is 10.9. The molecule has 1 aromatic rings. The lowest BCUT2D eigenvalue weighted by Gasteiger charge is -2.32. The summed E-state index contributed by atoms with van der Waals surface area (Å²) in [5.74, 6) is 1.23. The zero-order valence-corrected chi connectivity index (χ0v) is 11.7. The van der Waals surface area contributed by atoms with Crippen molar-refractivity contribution in [2.24, 2.45) is 5.92 Å². The van der Waals surface area contributed by atoms with Crippen LogP contribution in [0.3, 0.4) is 0 Å². The van der Waals surface area contributed by atoms with Gasteiger partial charge in [-0.1, -0.05) is 6.42 Å². The van der Waals surface area contributed by atoms with Crippen LogP contribution in [-0.4, -0.2) is 27.0 Å². The third kappa shape index (κ3) is 2.95. The molecule has 1 aliphatic rings. The van der Waals surface area contributed by atoms with E-state index in [0.717, 1.165) is 31.4 Å². The Hall–Kier alpha value is -0.810. The van der Waals surface area contributed by atoms with Crippen molar-refractivity contribution in [3.63, 3.8) is 0 Å². The van der Waals surface area contributed by atoms with Crippen molar-refractivity contribution < 1.29 is 12.8 Å². The summed E-state index contributed by atoms with van der Waals surface area (Å²) in [5, 5.41) is 3.07. The first-order valence-corrected chi connectivity index (χ1v) is 8.37. The number of furan rings is 1. The van der Waals surface area contributed by atoms with Crippen molar-refractivity contribution in [3.8, 4) is 0 Å². The summed E-state index contributed by atoms with van der Waals surface area (Å²) in [4.78, 5) is 0. The largest absolute Gasteiger partial charge is 0.468 e. The maximum absolute atomic E-state index is 11.7. The van der Waals surface area contributed by atoms with E-state index >= 15 is 0 Å². The van der Waals surface area contributed by atoms with Gasteiger partial charge in [0.1, 0.15) is 15.6 Å². The van der Waals surface area contributed by atoms with Crippen molar-refractivity contribution in [1.82, 2.24) is 5.32 Å². The van der Waals surface area contributed by atoms with Gasteiger partial charge in [-0.3, -0.25) is 0 Å². The second-order valence-corrected chi connectivity index (χ2v) is 7.49. The first kappa shape index (κ1) is 13.6. The lowest BCUT2D eigenvalue weighted by atomic mass is 9.82. The monoisotopic (exact) mass is 271 g/mol.